The molecule has 1 aromatic rings. The SMILES string of the molecule is Cc1[c-]cc(C)c(C)c1C.[Yb]. The van der Waals surface area contributed by atoms with E-state index in [1.165, 1.54) is 22.3 Å². The minimum absolute atomic E-state index is 0. The molecule has 0 radical (unpaired) electrons. The Hall–Kier alpha value is 0.739. The fourth-order valence-corrected chi connectivity index (χ4v) is 1.01. The maximum absolute atomic E-state index is 3.21. The molecule has 0 aliphatic heterocycles. The zero-order valence-electron chi connectivity index (χ0n) is 7.34. The molecule has 0 saturated carbocycles. The van der Waals surface area contributed by atoms with Gasteiger partial charge < -0.3 is 0 Å². The van der Waals surface area contributed by atoms with Gasteiger partial charge in [-0.3, -0.25) is 0 Å². The van der Waals surface area contributed by atoms with Crippen LogP contribution in [0.2, 0.25) is 0 Å². The molecule has 0 N–H and O–H groups in total. The van der Waals surface area contributed by atoms with Crippen molar-refractivity contribution in [1.82, 2.24) is 0 Å². The standard InChI is InChI=1S/C10H13.Yb/c1-7-5-6-8(2)10(4)9(7)3;/h5H,1-4H3;/q-1;. The largest absolute Gasteiger partial charge is 0.180 e. The second-order valence-electron chi connectivity index (χ2n) is 2.85. The number of benzene rings is 1. The monoisotopic (exact) mass is 307 g/mol. The molecule has 1 heteroatoms. The van der Waals surface area contributed by atoms with Crippen LogP contribution in [-0.2, 0) is 0 Å². The van der Waals surface area contributed by atoms with Gasteiger partial charge in [0.15, 0.2) is 0 Å². The van der Waals surface area contributed by atoms with Gasteiger partial charge in [-0.1, -0.05) is 27.7 Å². The van der Waals surface area contributed by atoms with Crippen molar-refractivity contribution in [2.75, 3.05) is 0 Å². The Morgan fingerprint density at radius 2 is 1.55 bits per heavy atom. The zero-order valence-corrected chi connectivity index (χ0v) is 9.06. The predicted molar refractivity (Wildman–Crippen MR) is 44.2 cm³/mol. The Kier molecular flexibility index (Phi) is 5.00. The Labute approximate surface area is 108 Å². The van der Waals surface area contributed by atoms with Gasteiger partial charge >= 0.3 is 0 Å². The van der Waals surface area contributed by atoms with E-state index in [1.54, 1.807) is 0 Å². The second kappa shape index (κ2) is 4.69. The normalized spacial score (nSPS) is 9.09. The summed E-state index contributed by atoms with van der Waals surface area (Å²) >= 11 is 0. The Morgan fingerprint density at radius 1 is 1.00 bits per heavy atom. The van der Waals surface area contributed by atoms with Gasteiger partial charge in [-0.25, -0.2) is 0 Å². The molecule has 0 fully saturated rings. The summed E-state index contributed by atoms with van der Waals surface area (Å²) in [5, 5.41) is 0. The third-order valence-corrected chi connectivity index (χ3v) is 2.22. The van der Waals surface area contributed by atoms with Crippen molar-refractivity contribution >= 4 is 0 Å². The summed E-state index contributed by atoms with van der Waals surface area (Å²) in [6.45, 7) is 8.53. The van der Waals surface area contributed by atoms with Crippen LogP contribution < -0.4 is 0 Å². The predicted octanol–water partition coefficient (Wildman–Crippen LogP) is 2.72. The first-order valence-corrected chi connectivity index (χ1v) is 3.58. The van der Waals surface area contributed by atoms with Gasteiger partial charge in [0, 0.05) is 46.9 Å². The molecule has 0 nitrogen and oxygen atoms in total. The van der Waals surface area contributed by atoms with Crippen molar-refractivity contribution in [2.24, 2.45) is 0 Å². The van der Waals surface area contributed by atoms with Crippen LogP contribution >= 0.6 is 0 Å². The molecule has 0 amide bonds. The van der Waals surface area contributed by atoms with E-state index in [1.807, 2.05) is 0 Å². The summed E-state index contributed by atoms with van der Waals surface area (Å²) in [6, 6.07) is 5.26. The van der Waals surface area contributed by atoms with Gasteiger partial charge in [-0.15, -0.1) is 0 Å². The molecule has 0 aromatic heterocycles. The van der Waals surface area contributed by atoms with Crippen LogP contribution in [0.25, 0.3) is 0 Å². The molecule has 0 bridgehead atoms. The van der Waals surface area contributed by atoms with E-state index in [9.17, 15) is 0 Å². The molecule has 0 unspecified atom stereocenters. The topological polar surface area (TPSA) is 0 Å². The molecule has 0 aliphatic carbocycles. The van der Waals surface area contributed by atoms with Crippen LogP contribution in [0.15, 0.2) is 6.07 Å². The van der Waals surface area contributed by atoms with E-state index in [0.717, 1.165) is 0 Å². The van der Waals surface area contributed by atoms with Crippen molar-refractivity contribution < 1.29 is 46.9 Å². The summed E-state index contributed by atoms with van der Waals surface area (Å²) < 4.78 is 0. The first-order chi connectivity index (χ1) is 4.63. The number of hydrogen-bond donors (Lipinski definition) is 0. The third kappa shape index (κ3) is 2.61. The van der Waals surface area contributed by atoms with E-state index in [0.29, 0.717) is 0 Å². The van der Waals surface area contributed by atoms with Crippen LogP contribution in [0.5, 0.6) is 0 Å². The quantitative estimate of drug-likeness (QED) is 0.647. The number of rotatable bonds is 0. The van der Waals surface area contributed by atoms with E-state index in [4.69, 9.17) is 0 Å². The molecule has 0 atom stereocenters. The number of hydrogen-bond acceptors (Lipinski definition) is 0. The molecule has 1 aromatic carbocycles. The van der Waals surface area contributed by atoms with Gasteiger partial charge in [-0.05, 0) is 0 Å². The second-order valence-corrected chi connectivity index (χ2v) is 2.85. The van der Waals surface area contributed by atoms with Gasteiger partial charge in [0.05, 0.1) is 0 Å². The number of aryl methyl sites for hydroxylation is 2. The van der Waals surface area contributed by atoms with Gasteiger partial charge in [0.2, 0.25) is 0 Å². The summed E-state index contributed by atoms with van der Waals surface area (Å²) in [6.07, 6.45) is 0. The Bertz CT molecular complexity index is 224. The summed E-state index contributed by atoms with van der Waals surface area (Å²) in [4.78, 5) is 0. The first-order valence-electron chi connectivity index (χ1n) is 3.58. The average molecular weight is 306 g/mol. The molecule has 11 heavy (non-hydrogen) atoms. The minimum atomic E-state index is 0. The Morgan fingerprint density at radius 3 is 2.00 bits per heavy atom. The molecule has 0 saturated heterocycles. The van der Waals surface area contributed by atoms with Crippen molar-refractivity contribution in [3.05, 3.63) is 34.4 Å². The summed E-state index contributed by atoms with van der Waals surface area (Å²) in [5.74, 6) is 0. The zero-order chi connectivity index (χ0) is 7.72. The van der Waals surface area contributed by atoms with Gasteiger partial charge in [0.1, 0.15) is 0 Å². The average Bonchev–Trinajstić information content (AvgIpc) is 1.93. The van der Waals surface area contributed by atoms with Gasteiger partial charge in [0.25, 0.3) is 0 Å². The van der Waals surface area contributed by atoms with E-state index < -0.39 is 0 Å². The molecular formula is C10H13Yb-. The molecule has 0 spiro atoms. The van der Waals surface area contributed by atoms with Crippen molar-refractivity contribution in [3.8, 4) is 0 Å². The smallest absolute Gasteiger partial charge is 0 e. The van der Waals surface area contributed by atoms with Crippen LogP contribution in [0.3, 0.4) is 0 Å². The van der Waals surface area contributed by atoms with Crippen molar-refractivity contribution in [3.63, 3.8) is 0 Å². The molecule has 0 aliphatic rings. The van der Waals surface area contributed by atoms with Crippen molar-refractivity contribution in [1.29, 1.82) is 0 Å². The molecule has 68 valence electrons. The van der Waals surface area contributed by atoms with Gasteiger partial charge in [-0.2, -0.15) is 34.4 Å². The van der Waals surface area contributed by atoms with Crippen LogP contribution in [0.4, 0.5) is 0 Å². The van der Waals surface area contributed by atoms with E-state index >= 15 is 0 Å². The molecule has 0 heterocycles. The molecule has 1 rings (SSSR count). The fraction of sp³-hybridized carbons (Fsp3) is 0.400. The minimum Gasteiger partial charge on any atom is -0.180 e. The first kappa shape index (κ1) is 11.7. The molecular weight excluding hydrogens is 293 g/mol. The maximum atomic E-state index is 3.21. The van der Waals surface area contributed by atoms with Crippen molar-refractivity contribution in [2.45, 2.75) is 27.7 Å². The van der Waals surface area contributed by atoms with Crippen LogP contribution in [0, 0.1) is 80.7 Å². The van der Waals surface area contributed by atoms with E-state index in [2.05, 4.69) is 39.8 Å². The summed E-state index contributed by atoms with van der Waals surface area (Å²) in [7, 11) is 0. The van der Waals surface area contributed by atoms with Crippen LogP contribution in [-0.4, -0.2) is 0 Å². The maximum Gasteiger partial charge on any atom is 0 e. The fourth-order valence-electron chi connectivity index (χ4n) is 1.01. The Balaban J connectivity index is 0.000001000. The third-order valence-electron chi connectivity index (χ3n) is 2.22. The van der Waals surface area contributed by atoms with E-state index in [-0.39, 0.29) is 46.9 Å². The summed E-state index contributed by atoms with van der Waals surface area (Å²) in [5.41, 5.74) is 5.38. The van der Waals surface area contributed by atoms with Crippen LogP contribution in [0.1, 0.15) is 22.3 Å².